The van der Waals surface area contributed by atoms with Gasteiger partial charge in [0.05, 0.1) is 23.4 Å². The lowest BCUT2D eigenvalue weighted by Gasteiger charge is -2.36. The van der Waals surface area contributed by atoms with Crippen molar-refractivity contribution in [1.29, 1.82) is 0 Å². The smallest absolute Gasteiger partial charge is 0.256 e. The first-order valence-electron chi connectivity index (χ1n) is 8.59. The van der Waals surface area contributed by atoms with Gasteiger partial charge in [-0.1, -0.05) is 0 Å². The molecule has 1 fully saturated rings. The molecule has 3 rings (SSSR count). The zero-order valence-electron chi connectivity index (χ0n) is 15.1. The number of nitrogens with zero attached hydrogens (tertiary/aromatic N) is 3. The molecule has 2 atom stereocenters. The minimum atomic E-state index is -0.733. The second-order valence-corrected chi connectivity index (χ2v) is 6.61. The molecule has 26 heavy (non-hydrogen) atoms. The van der Waals surface area contributed by atoms with Crippen LogP contribution in [0.4, 0.5) is 5.95 Å². The summed E-state index contributed by atoms with van der Waals surface area (Å²) in [6, 6.07) is 1.50. The lowest BCUT2D eigenvalue weighted by Crippen LogP contribution is -2.52. The van der Waals surface area contributed by atoms with Crippen molar-refractivity contribution in [3.05, 3.63) is 41.0 Å². The normalized spacial score (nSPS) is 20.1. The minimum Gasteiger partial charge on any atom is -0.389 e. The number of nitrogens with one attached hydrogen (secondary N) is 2. The third-order valence-corrected chi connectivity index (χ3v) is 4.75. The number of aliphatic hydroxyl groups is 1. The summed E-state index contributed by atoms with van der Waals surface area (Å²) in [7, 11) is 0. The Morgan fingerprint density at radius 1 is 1.31 bits per heavy atom. The molecule has 3 heterocycles. The molecule has 138 valence electrons. The lowest BCUT2D eigenvalue weighted by molar-refractivity contribution is 0.0424. The molecular formula is C18H23N5O3. The summed E-state index contributed by atoms with van der Waals surface area (Å²) in [6.07, 6.45) is 3.10. The third-order valence-electron chi connectivity index (χ3n) is 4.75. The van der Waals surface area contributed by atoms with E-state index in [1.165, 1.54) is 6.92 Å². The first kappa shape index (κ1) is 18.1. The van der Waals surface area contributed by atoms with Gasteiger partial charge in [0.25, 0.3) is 5.91 Å². The summed E-state index contributed by atoms with van der Waals surface area (Å²) in [5.41, 5.74) is 2.31. The van der Waals surface area contributed by atoms with Gasteiger partial charge in [0.2, 0.25) is 5.95 Å². The third kappa shape index (κ3) is 3.45. The molecule has 0 bridgehead atoms. The van der Waals surface area contributed by atoms with Gasteiger partial charge < -0.3 is 20.3 Å². The molecule has 2 aromatic heterocycles. The van der Waals surface area contributed by atoms with Crippen LogP contribution in [0.1, 0.15) is 45.4 Å². The molecular weight excluding hydrogens is 334 g/mol. The van der Waals surface area contributed by atoms with Crippen LogP contribution in [0.5, 0.6) is 0 Å². The van der Waals surface area contributed by atoms with Gasteiger partial charge in [0.1, 0.15) is 0 Å². The number of amides is 1. The van der Waals surface area contributed by atoms with Crippen molar-refractivity contribution in [2.24, 2.45) is 0 Å². The number of hydrogen-bond donors (Lipinski definition) is 3. The van der Waals surface area contributed by atoms with Gasteiger partial charge in [-0.15, -0.1) is 0 Å². The van der Waals surface area contributed by atoms with Crippen LogP contribution in [0.3, 0.4) is 0 Å². The molecule has 0 saturated carbocycles. The van der Waals surface area contributed by atoms with E-state index < -0.39 is 6.10 Å². The number of anilines is 1. The molecule has 0 unspecified atom stereocenters. The van der Waals surface area contributed by atoms with Crippen molar-refractivity contribution in [2.75, 3.05) is 18.4 Å². The Morgan fingerprint density at radius 3 is 2.58 bits per heavy atom. The van der Waals surface area contributed by atoms with Crippen LogP contribution in [-0.2, 0) is 0 Å². The molecule has 0 aromatic carbocycles. The Bertz CT molecular complexity index is 818. The summed E-state index contributed by atoms with van der Waals surface area (Å²) >= 11 is 0. The van der Waals surface area contributed by atoms with Gasteiger partial charge >= 0.3 is 0 Å². The fourth-order valence-corrected chi connectivity index (χ4v) is 3.40. The number of aryl methyl sites for hydroxylation is 1. The van der Waals surface area contributed by atoms with Gasteiger partial charge in [-0.2, -0.15) is 0 Å². The Labute approximate surface area is 151 Å². The van der Waals surface area contributed by atoms with Gasteiger partial charge in [0.15, 0.2) is 5.78 Å². The van der Waals surface area contributed by atoms with Crippen molar-refractivity contribution in [1.82, 2.24) is 19.9 Å². The Kier molecular flexibility index (Phi) is 5.03. The molecule has 1 saturated heterocycles. The quantitative estimate of drug-likeness (QED) is 0.712. The number of β-amino-alcohol motifs (C(OH)–C–C–N with tert-alkyl or cyclic N) is 1. The predicted molar refractivity (Wildman–Crippen MR) is 96.2 cm³/mol. The highest BCUT2D eigenvalue weighted by atomic mass is 16.3. The number of aromatic amines is 1. The molecule has 8 nitrogen and oxygen atoms in total. The molecule has 0 spiro atoms. The molecule has 2 aromatic rings. The molecule has 1 aliphatic rings. The second-order valence-electron chi connectivity index (χ2n) is 6.61. The highest BCUT2D eigenvalue weighted by Crippen LogP contribution is 2.23. The summed E-state index contributed by atoms with van der Waals surface area (Å²) in [5.74, 6) is 0.187. The SMILES string of the molecule is CC(=O)c1[nH]c(C)c(C(=O)N2CC[C@@H](Nc3ncccn3)[C@H](O)C2)c1C. The summed E-state index contributed by atoms with van der Waals surface area (Å²) < 4.78 is 0. The first-order valence-corrected chi connectivity index (χ1v) is 8.59. The standard InChI is InChI=1S/C18H23N5O3/c1-10-15(11(2)21-16(10)12(3)24)17(26)23-8-5-13(14(25)9-23)22-18-19-6-4-7-20-18/h4,6-7,13-14,21,25H,5,8-9H2,1-3H3,(H,19,20,22)/t13-,14-/m1/s1. The van der Waals surface area contributed by atoms with Gasteiger partial charge in [0, 0.05) is 38.1 Å². The molecule has 1 amide bonds. The van der Waals surface area contributed by atoms with E-state index in [2.05, 4.69) is 20.3 Å². The number of aliphatic hydroxyl groups excluding tert-OH is 1. The van der Waals surface area contributed by atoms with Crippen LogP contribution in [0.2, 0.25) is 0 Å². The average molecular weight is 357 g/mol. The highest BCUT2D eigenvalue weighted by molar-refractivity contribution is 6.02. The number of rotatable bonds is 4. The average Bonchev–Trinajstić information content (AvgIpc) is 2.92. The number of H-pyrrole nitrogens is 1. The van der Waals surface area contributed by atoms with Crippen LogP contribution in [0.15, 0.2) is 18.5 Å². The van der Waals surface area contributed by atoms with Crippen LogP contribution in [0.25, 0.3) is 0 Å². The number of piperidine rings is 1. The van der Waals surface area contributed by atoms with Gasteiger partial charge in [-0.05, 0) is 31.9 Å². The molecule has 8 heteroatoms. The number of likely N-dealkylation sites (tertiary alicyclic amines) is 1. The Balaban J connectivity index is 1.71. The van der Waals surface area contributed by atoms with Crippen molar-refractivity contribution < 1.29 is 14.7 Å². The first-order chi connectivity index (χ1) is 12.4. The summed E-state index contributed by atoms with van der Waals surface area (Å²) in [5, 5.41) is 13.6. The monoisotopic (exact) mass is 357 g/mol. The Morgan fingerprint density at radius 2 is 2.00 bits per heavy atom. The topological polar surface area (TPSA) is 111 Å². The molecule has 1 aliphatic heterocycles. The fourth-order valence-electron chi connectivity index (χ4n) is 3.40. The second kappa shape index (κ2) is 7.25. The van der Waals surface area contributed by atoms with Gasteiger partial charge in [-0.3, -0.25) is 9.59 Å². The van der Waals surface area contributed by atoms with E-state index in [9.17, 15) is 14.7 Å². The number of carbonyl (C=O) groups excluding carboxylic acids is 2. The predicted octanol–water partition coefficient (Wildman–Crippen LogP) is 1.31. The summed E-state index contributed by atoms with van der Waals surface area (Å²) in [6.45, 7) is 5.73. The van der Waals surface area contributed by atoms with E-state index >= 15 is 0 Å². The maximum atomic E-state index is 12.9. The van der Waals surface area contributed by atoms with Crippen molar-refractivity contribution in [3.8, 4) is 0 Å². The summed E-state index contributed by atoms with van der Waals surface area (Å²) in [4.78, 5) is 37.4. The number of carbonyl (C=O) groups is 2. The number of hydrogen-bond acceptors (Lipinski definition) is 6. The van der Waals surface area contributed by atoms with Crippen molar-refractivity contribution >= 4 is 17.6 Å². The van der Waals surface area contributed by atoms with E-state index in [0.29, 0.717) is 41.4 Å². The van der Waals surface area contributed by atoms with E-state index in [1.807, 2.05) is 0 Å². The highest BCUT2D eigenvalue weighted by Gasteiger charge is 2.33. The molecule has 3 N–H and O–H groups in total. The zero-order chi connectivity index (χ0) is 18.8. The van der Waals surface area contributed by atoms with Crippen LogP contribution in [0, 0.1) is 13.8 Å². The van der Waals surface area contributed by atoms with Crippen molar-refractivity contribution in [2.45, 2.75) is 39.3 Å². The molecule has 0 radical (unpaired) electrons. The van der Waals surface area contributed by atoms with Crippen LogP contribution < -0.4 is 5.32 Å². The zero-order valence-corrected chi connectivity index (χ0v) is 15.1. The number of Topliss-reactive ketones (excluding diaryl/α,β-unsaturated/α-hetero) is 1. The maximum absolute atomic E-state index is 12.9. The van der Waals surface area contributed by atoms with E-state index in [-0.39, 0.29) is 24.3 Å². The van der Waals surface area contributed by atoms with Crippen LogP contribution in [-0.4, -0.2) is 61.9 Å². The fraction of sp³-hybridized carbons (Fsp3) is 0.444. The number of aromatic nitrogens is 3. The van der Waals surface area contributed by atoms with Gasteiger partial charge in [-0.25, -0.2) is 9.97 Å². The van der Waals surface area contributed by atoms with Crippen molar-refractivity contribution in [3.63, 3.8) is 0 Å². The van der Waals surface area contributed by atoms with E-state index in [4.69, 9.17) is 0 Å². The number of ketones is 1. The van der Waals surface area contributed by atoms with E-state index in [1.54, 1.807) is 37.2 Å². The van der Waals surface area contributed by atoms with E-state index in [0.717, 1.165) is 0 Å². The maximum Gasteiger partial charge on any atom is 0.256 e. The molecule has 0 aliphatic carbocycles. The lowest BCUT2D eigenvalue weighted by atomic mass is 10.00. The van der Waals surface area contributed by atoms with Crippen LogP contribution >= 0.6 is 0 Å². The minimum absolute atomic E-state index is 0.101. The Hall–Kier alpha value is -2.74. The largest absolute Gasteiger partial charge is 0.389 e.